The van der Waals surface area contributed by atoms with E-state index >= 15 is 0 Å². The Hall–Kier alpha value is -4.40. The zero-order valence-corrected chi connectivity index (χ0v) is 28.9. The molecule has 0 saturated heterocycles. The number of nitrogens with zero attached hydrogens (tertiary/aromatic N) is 1. The van der Waals surface area contributed by atoms with Crippen LogP contribution in [0.4, 0.5) is 10.5 Å². The highest BCUT2D eigenvalue weighted by molar-refractivity contribution is 6.00. The zero-order chi connectivity index (χ0) is 34.6. The average Bonchev–Trinajstić information content (AvgIpc) is 2.98. The molecule has 0 radical (unpaired) electrons. The van der Waals surface area contributed by atoms with Crippen LogP contribution in [0.15, 0.2) is 60.7 Å². The van der Waals surface area contributed by atoms with E-state index in [9.17, 15) is 19.2 Å². The number of hydrogen-bond acceptors (Lipinski definition) is 5. The minimum atomic E-state index is -1.14. The van der Waals surface area contributed by atoms with Gasteiger partial charge in [-0.2, -0.15) is 0 Å². The Labute approximate surface area is 279 Å². The highest BCUT2D eigenvalue weighted by atomic mass is 16.6. The lowest BCUT2D eigenvalue weighted by atomic mass is 9.97. The Morgan fingerprint density at radius 3 is 2.13 bits per heavy atom. The van der Waals surface area contributed by atoms with Crippen LogP contribution >= 0.6 is 0 Å². The second-order valence-corrected chi connectivity index (χ2v) is 13.4. The fourth-order valence-corrected chi connectivity index (χ4v) is 5.74. The molecule has 0 spiro atoms. The van der Waals surface area contributed by atoms with Crippen molar-refractivity contribution in [2.45, 2.75) is 111 Å². The highest BCUT2D eigenvalue weighted by Gasteiger charge is 2.36. The van der Waals surface area contributed by atoms with Gasteiger partial charge in [-0.15, -0.1) is 0 Å². The lowest BCUT2D eigenvalue weighted by Gasteiger charge is -2.35. The average molecular weight is 645 g/mol. The SMILES string of the molecule is CCCCCCCCN(C(=O)C(CCC(N)=O)NC(=O)OC(C)(C)C)C(C(=O)Nc1ccc2ccccc2c1)c1cc(C)cc(C)c1. The number of hydrogen-bond donors (Lipinski definition) is 3. The summed E-state index contributed by atoms with van der Waals surface area (Å²) in [5, 5.41) is 7.76. The number of fused-ring (bicyclic) bond motifs is 1. The van der Waals surface area contributed by atoms with Crippen molar-refractivity contribution in [2.24, 2.45) is 5.73 Å². The second-order valence-electron chi connectivity index (χ2n) is 13.4. The molecule has 3 aromatic rings. The maximum Gasteiger partial charge on any atom is 0.408 e. The van der Waals surface area contributed by atoms with Crippen LogP contribution in [0.2, 0.25) is 0 Å². The molecule has 0 aliphatic carbocycles. The molecule has 4 N–H and O–H groups in total. The first-order valence-electron chi connectivity index (χ1n) is 16.7. The molecule has 0 saturated carbocycles. The topological polar surface area (TPSA) is 131 Å². The molecule has 0 aliphatic rings. The zero-order valence-electron chi connectivity index (χ0n) is 28.9. The summed E-state index contributed by atoms with van der Waals surface area (Å²) in [4.78, 5) is 55.3. The van der Waals surface area contributed by atoms with Crippen LogP contribution in [0.25, 0.3) is 10.8 Å². The molecule has 0 fully saturated rings. The molecule has 2 atom stereocenters. The number of anilines is 1. The maximum atomic E-state index is 14.6. The molecule has 0 aliphatic heterocycles. The summed E-state index contributed by atoms with van der Waals surface area (Å²) in [6, 6.07) is 17.3. The second kappa shape index (κ2) is 17.5. The van der Waals surface area contributed by atoms with Gasteiger partial charge in [0.15, 0.2) is 0 Å². The van der Waals surface area contributed by atoms with E-state index in [-0.39, 0.29) is 25.3 Å². The van der Waals surface area contributed by atoms with E-state index in [1.165, 1.54) is 0 Å². The van der Waals surface area contributed by atoms with Crippen LogP contribution in [-0.4, -0.2) is 46.9 Å². The van der Waals surface area contributed by atoms with Gasteiger partial charge in [0.05, 0.1) is 0 Å². The molecule has 2 unspecified atom stereocenters. The molecule has 0 bridgehead atoms. The predicted molar refractivity (Wildman–Crippen MR) is 188 cm³/mol. The number of ether oxygens (including phenoxy) is 1. The Balaban J connectivity index is 2.06. The van der Waals surface area contributed by atoms with Crippen molar-refractivity contribution in [3.05, 3.63) is 77.4 Å². The Bertz CT molecular complexity index is 1510. The number of benzene rings is 3. The van der Waals surface area contributed by atoms with Crippen molar-refractivity contribution in [3.8, 4) is 0 Å². The van der Waals surface area contributed by atoms with Gasteiger partial charge in [-0.1, -0.05) is 98.7 Å². The minimum Gasteiger partial charge on any atom is -0.444 e. The van der Waals surface area contributed by atoms with Crippen molar-refractivity contribution in [2.75, 3.05) is 11.9 Å². The highest BCUT2D eigenvalue weighted by Crippen LogP contribution is 2.28. The first-order valence-corrected chi connectivity index (χ1v) is 16.7. The molecule has 0 aromatic heterocycles. The van der Waals surface area contributed by atoms with Crippen molar-refractivity contribution < 1.29 is 23.9 Å². The molecule has 47 heavy (non-hydrogen) atoms. The van der Waals surface area contributed by atoms with E-state index in [4.69, 9.17) is 10.5 Å². The van der Waals surface area contributed by atoms with Gasteiger partial charge in [0.1, 0.15) is 17.7 Å². The van der Waals surface area contributed by atoms with Crippen molar-refractivity contribution >= 4 is 40.3 Å². The fourth-order valence-electron chi connectivity index (χ4n) is 5.74. The number of rotatable bonds is 16. The fraction of sp³-hybridized carbons (Fsp3) is 0.474. The van der Waals surface area contributed by atoms with E-state index in [1.54, 1.807) is 25.7 Å². The summed E-state index contributed by atoms with van der Waals surface area (Å²) in [7, 11) is 0. The van der Waals surface area contributed by atoms with E-state index in [1.807, 2.05) is 74.5 Å². The molecule has 9 heteroatoms. The lowest BCUT2D eigenvalue weighted by Crippen LogP contribution is -2.52. The normalized spacial score (nSPS) is 12.6. The Kier molecular flexibility index (Phi) is 13.8. The first kappa shape index (κ1) is 37.1. The smallest absolute Gasteiger partial charge is 0.408 e. The number of carbonyl (C=O) groups is 4. The van der Waals surface area contributed by atoms with E-state index in [2.05, 4.69) is 17.6 Å². The van der Waals surface area contributed by atoms with Crippen LogP contribution < -0.4 is 16.4 Å². The number of unbranched alkanes of at least 4 members (excludes halogenated alkanes) is 5. The van der Waals surface area contributed by atoms with Gasteiger partial charge in [0.2, 0.25) is 11.8 Å². The lowest BCUT2D eigenvalue weighted by molar-refractivity contribution is -0.141. The number of nitrogens with two attached hydrogens (primary N) is 1. The van der Waals surface area contributed by atoms with Gasteiger partial charge >= 0.3 is 6.09 Å². The number of amides is 4. The Morgan fingerprint density at radius 1 is 0.851 bits per heavy atom. The van der Waals surface area contributed by atoms with Gasteiger partial charge in [0, 0.05) is 18.7 Å². The largest absolute Gasteiger partial charge is 0.444 e. The number of carbonyl (C=O) groups excluding carboxylic acids is 4. The van der Waals surface area contributed by atoms with Crippen molar-refractivity contribution in [3.63, 3.8) is 0 Å². The van der Waals surface area contributed by atoms with Crippen molar-refractivity contribution in [1.82, 2.24) is 10.2 Å². The molecule has 3 rings (SSSR count). The summed E-state index contributed by atoms with van der Waals surface area (Å²) in [5.74, 6) is -1.46. The summed E-state index contributed by atoms with van der Waals surface area (Å²) < 4.78 is 5.46. The molecule has 4 amide bonds. The standard InChI is InChI=1S/C38H52N4O5/c1-7-8-9-10-11-14-21-42(36(45)32(19-20-33(39)43)41-37(46)47-38(4,5)6)34(30-23-26(2)22-27(3)24-30)35(44)40-31-18-17-28-15-12-13-16-29(28)25-31/h12-13,15-18,22-25,32,34H,7-11,14,19-21H2,1-6H3,(H2,39,43)(H,40,44)(H,41,46). The van der Waals surface area contributed by atoms with Crippen LogP contribution in [-0.2, 0) is 19.1 Å². The first-order chi connectivity index (χ1) is 22.3. The monoisotopic (exact) mass is 644 g/mol. The molecular weight excluding hydrogens is 592 g/mol. The van der Waals surface area contributed by atoms with Crippen LogP contribution in [0, 0.1) is 13.8 Å². The van der Waals surface area contributed by atoms with Crippen LogP contribution in [0.1, 0.15) is 102 Å². The van der Waals surface area contributed by atoms with Gasteiger partial charge < -0.3 is 26.0 Å². The minimum absolute atomic E-state index is 0.0354. The molecule has 9 nitrogen and oxygen atoms in total. The third-order valence-electron chi connectivity index (χ3n) is 7.84. The summed E-state index contributed by atoms with van der Waals surface area (Å²) in [6.07, 6.45) is 4.94. The Morgan fingerprint density at radius 2 is 1.49 bits per heavy atom. The molecule has 254 valence electrons. The van der Waals surface area contributed by atoms with E-state index < -0.39 is 35.6 Å². The number of alkyl carbamates (subject to hydrolysis) is 1. The van der Waals surface area contributed by atoms with Crippen molar-refractivity contribution in [1.29, 1.82) is 0 Å². The maximum absolute atomic E-state index is 14.6. The van der Waals surface area contributed by atoms with Crippen LogP contribution in [0.5, 0.6) is 0 Å². The van der Waals surface area contributed by atoms with Gasteiger partial charge in [-0.05, 0) is 75.9 Å². The van der Waals surface area contributed by atoms with E-state index in [0.29, 0.717) is 17.7 Å². The van der Waals surface area contributed by atoms with Crippen LogP contribution in [0.3, 0.4) is 0 Å². The van der Waals surface area contributed by atoms with E-state index in [0.717, 1.165) is 54.0 Å². The predicted octanol–water partition coefficient (Wildman–Crippen LogP) is 7.48. The quantitative estimate of drug-likeness (QED) is 0.139. The van der Waals surface area contributed by atoms with Gasteiger partial charge in [0.25, 0.3) is 5.91 Å². The molecule has 3 aromatic carbocycles. The van der Waals surface area contributed by atoms with Gasteiger partial charge in [-0.3, -0.25) is 14.4 Å². The number of primary amides is 1. The number of nitrogens with one attached hydrogen (secondary N) is 2. The van der Waals surface area contributed by atoms with Gasteiger partial charge in [-0.25, -0.2) is 4.79 Å². The molecular formula is C38H52N4O5. The third kappa shape index (κ3) is 12.0. The summed E-state index contributed by atoms with van der Waals surface area (Å²) in [5.41, 5.74) is 7.83. The number of aryl methyl sites for hydroxylation is 2. The summed E-state index contributed by atoms with van der Waals surface area (Å²) >= 11 is 0. The molecule has 0 heterocycles. The summed E-state index contributed by atoms with van der Waals surface area (Å²) in [6.45, 7) is 11.5. The third-order valence-corrected chi connectivity index (χ3v) is 7.84.